The normalized spacial score (nSPS) is 12.9. The van der Waals surface area contributed by atoms with Crippen LogP contribution in [0.5, 0.6) is 0 Å². The minimum Gasteiger partial charge on any atom is -0.399 e. The largest absolute Gasteiger partial charge is 0.399 e. The highest BCUT2D eigenvalue weighted by atomic mass is 32.2. The minimum atomic E-state index is -3.55. The van der Waals surface area contributed by atoms with Crippen LogP contribution in [0, 0.1) is 0 Å². The van der Waals surface area contributed by atoms with E-state index in [-0.39, 0.29) is 9.64 Å². The SMILES string of the molecule is CSC(C)(C)CNS(=O)(=O)c1c[nH]c2ccc(N)cc12. The molecule has 2 aromatic rings. The standard InChI is InChI=1S/C13H19N3O2S2/c1-13(2,19-3)8-16-20(17,18)12-7-15-11-5-4-9(14)6-10(11)12/h4-7,15-16H,8,14H2,1-3H3. The number of thioether (sulfide) groups is 1. The van der Waals surface area contributed by atoms with Gasteiger partial charge in [0, 0.05) is 34.1 Å². The molecular formula is C13H19N3O2S2. The smallest absolute Gasteiger partial charge is 0.242 e. The van der Waals surface area contributed by atoms with Gasteiger partial charge < -0.3 is 10.7 Å². The minimum absolute atomic E-state index is 0.155. The monoisotopic (exact) mass is 313 g/mol. The van der Waals surface area contributed by atoms with E-state index in [4.69, 9.17) is 5.73 Å². The maximum atomic E-state index is 12.4. The van der Waals surface area contributed by atoms with E-state index in [1.54, 1.807) is 30.0 Å². The van der Waals surface area contributed by atoms with Gasteiger partial charge in [-0.25, -0.2) is 13.1 Å². The van der Waals surface area contributed by atoms with Gasteiger partial charge in [-0.2, -0.15) is 11.8 Å². The molecule has 0 aliphatic heterocycles. The fourth-order valence-corrected chi connectivity index (χ4v) is 3.44. The van der Waals surface area contributed by atoms with Gasteiger partial charge in [0.1, 0.15) is 4.90 Å². The lowest BCUT2D eigenvalue weighted by Gasteiger charge is -2.22. The van der Waals surface area contributed by atoms with Crippen LogP contribution < -0.4 is 10.5 Å². The molecule has 0 radical (unpaired) electrons. The van der Waals surface area contributed by atoms with Gasteiger partial charge in [0.05, 0.1) is 0 Å². The van der Waals surface area contributed by atoms with Crippen LogP contribution in [0.15, 0.2) is 29.3 Å². The second-order valence-corrected chi connectivity index (χ2v) is 8.50. The number of nitrogens with two attached hydrogens (primary N) is 1. The highest BCUT2D eigenvalue weighted by Gasteiger charge is 2.23. The second-order valence-electron chi connectivity index (χ2n) is 5.25. The fraction of sp³-hybridized carbons (Fsp3) is 0.385. The molecule has 0 fully saturated rings. The number of benzene rings is 1. The van der Waals surface area contributed by atoms with Crippen molar-refractivity contribution in [1.82, 2.24) is 9.71 Å². The van der Waals surface area contributed by atoms with Gasteiger partial charge in [-0.05, 0) is 38.3 Å². The molecule has 0 saturated carbocycles. The third-order valence-electron chi connectivity index (χ3n) is 3.20. The summed E-state index contributed by atoms with van der Waals surface area (Å²) >= 11 is 1.62. The van der Waals surface area contributed by atoms with Crippen LogP contribution in [-0.4, -0.2) is 30.9 Å². The Morgan fingerprint density at radius 1 is 1.40 bits per heavy atom. The number of aromatic nitrogens is 1. The maximum Gasteiger partial charge on any atom is 0.242 e. The Balaban J connectivity index is 2.35. The molecule has 0 saturated heterocycles. The molecule has 0 unspecified atom stereocenters. The van der Waals surface area contributed by atoms with Crippen molar-refractivity contribution >= 4 is 38.4 Å². The third kappa shape index (κ3) is 3.11. The van der Waals surface area contributed by atoms with Crippen LogP contribution in [0.2, 0.25) is 0 Å². The van der Waals surface area contributed by atoms with Gasteiger partial charge in [0.2, 0.25) is 10.0 Å². The van der Waals surface area contributed by atoms with Crippen molar-refractivity contribution < 1.29 is 8.42 Å². The molecule has 1 heterocycles. The van der Waals surface area contributed by atoms with Crippen LogP contribution in [0.4, 0.5) is 5.69 Å². The van der Waals surface area contributed by atoms with Crippen molar-refractivity contribution in [3.63, 3.8) is 0 Å². The van der Waals surface area contributed by atoms with Crippen LogP contribution in [-0.2, 0) is 10.0 Å². The molecule has 7 heteroatoms. The van der Waals surface area contributed by atoms with Gasteiger partial charge in [0.15, 0.2) is 0 Å². The average molecular weight is 313 g/mol. The van der Waals surface area contributed by atoms with Gasteiger partial charge in [-0.1, -0.05) is 0 Å². The Kier molecular flexibility index (Phi) is 4.04. The predicted molar refractivity (Wildman–Crippen MR) is 85.5 cm³/mol. The zero-order chi connectivity index (χ0) is 15.0. The molecular weight excluding hydrogens is 294 g/mol. The van der Waals surface area contributed by atoms with E-state index in [0.29, 0.717) is 17.6 Å². The van der Waals surface area contributed by atoms with E-state index in [1.165, 1.54) is 6.20 Å². The summed E-state index contributed by atoms with van der Waals surface area (Å²) in [6.45, 7) is 4.35. The third-order valence-corrected chi connectivity index (χ3v) is 5.89. The van der Waals surface area contributed by atoms with E-state index >= 15 is 0 Å². The van der Waals surface area contributed by atoms with Crippen LogP contribution in [0.25, 0.3) is 10.9 Å². The Morgan fingerprint density at radius 3 is 2.75 bits per heavy atom. The molecule has 2 rings (SSSR count). The molecule has 0 spiro atoms. The first-order valence-electron chi connectivity index (χ1n) is 6.17. The van der Waals surface area contributed by atoms with Crippen LogP contribution >= 0.6 is 11.8 Å². The van der Waals surface area contributed by atoms with Crippen molar-refractivity contribution in [2.75, 3.05) is 18.5 Å². The molecule has 0 bridgehead atoms. The Labute approximate surface area is 123 Å². The van der Waals surface area contributed by atoms with E-state index in [0.717, 1.165) is 5.52 Å². The van der Waals surface area contributed by atoms with Crippen LogP contribution in [0.1, 0.15) is 13.8 Å². The molecule has 4 N–H and O–H groups in total. The lowest BCUT2D eigenvalue weighted by molar-refractivity contribution is 0.571. The van der Waals surface area contributed by atoms with E-state index in [1.807, 2.05) is 20.1 Å². The first-order chi connectivity index (χ1) is 9.25. The van der Waals surface area contributed by atoms with Gasteiger partial charge in [-0.3, -0.25) is 0 Å². The van der Waals surface area contributed by atoms with Crippen molar-refractivity contribution in [2.45, 2.75) is 23.5 Å². The van der Waals surface area contributed by atoms with Gasteiger partial charge in [-0.15, -0.1) is 0 Å². The fourth-order valence-electron chi connectivity index (χ4n) is 1.75. The summed E-state index contributed by atoms with van der Waals surface area (Å²) in [5.41, 5.74) is 7.02. The molecule has 110 valence electrons. The molecule has 0 amide bonds. The summed E-state index contributed by atoms with van der Waals surface area (Å²) < 4.78 is 27.3. The zero-order valence-corrected chi connectivity index (χ0v) is 13.4. The summed E-state index contributed by atoms with van der Waals surface area (Å²) in [5.74, 6) is 0. The molecule has 5 nitrogen and oxygen atoms in total. The summed E-state index contributed by atoms with van der Waals surface area (Å²) in [6.07, 6.45) is 3.46. The van der Waals surface area contributed by atoms with E-state index < -0.39 is 10.0 Å². The number of nitrogen functional groups attached to an aromatic ring is 1. The van der Waals surface area contributed by atoms with Crippen molar-refractivity contribution in [3.05, 3.63) is 24.4 Å². The first kappa shape index (κ1) is 15.2. The summed E-state index contributed by atoms with van der Waals surface area (Å²) in [6, 6.07) is 5.18. The maximum absolute atomic E-state index is 12.4. The topological polar surface area (TPSA) is 88.0 Å². The second kappa shape index (κ2) is 5.31. The highest BCUT2D eigenvalue weighted by Crippen LogP contribution is 2.26. The van der Waals surface area contributed by atoms with Gasteiger partial charge in [0.25, 0.3) is 0 Å². The van der Waals surface area contributed by atoms with Crippen LogP contribution in [0.3, 0.4) is 0 Å². The van der Waals surface area contributed by atoms with Gasteiger partial charge >= 0.3 is 0 Å². The summed E-state index contributed by atoms with van der Waals surface area (Å²) in [4.78, 5) is 3.19. The predicted octanol–water partition coefficient (Wildman–Crippen LogP) is 2.17. The lowest BCUT2D eigenvalue weighted by atomic mass is 10.2. The quantitative estimate of drug-likeness (QED) is 0.738. The lowest BCUT2D eigenvalue weighted by Crippen LogP contribution is -2.36. The van der Waals surface area contributed by atoms with E-state index in [9.17, 15) is 8.42 Å². The molecule has 0 aliphatic rings. The number of H-pyrrole nitrogens is 1. The number of anilines is 1. The average Bonchev–Trinajstić information content (AvgIpc) is 2.80. The van der Waals surface area contributed by atoms with Crippen molar-refractivity contribution in [1.29, 1.82) is 0 Å². The summed E-state index contributed by atoms with van der Waals surface area (Å²) in [5, 5.41) is 0.611. The number of fused-ring (bicyclic) bond motifs is 1. The molecule has 0 aliphatic carbocycles. The Morgan fingerprint density at radius 2 is 2.10 bits per heavy atom. The number of hydrogen-bond donors (Lipinski definition) is 3. The Bertz CT molecular complexity index is 720. The zero-order valence-electron chi connectivity index (χ0n) is 11.7. The van der Waals surface area contributed by atoms with Crippen molar-refractivity contribution in [3.8, 4) is 0 Å². The molecule has 1 aromatic carbocycles. The highest BCUT2D eigenvalue weighted by molar-refractivity contribution is 8.00. The first-order valence-corrected chi connectivity index (χ1v) is 8.87. The molecule has 1 aromatic heterocycles. The van der Waals surface area contributed by atoms with Crippen molar-refractivity contribution in [2.24, 2.45) is 0 Å². The van der Waals surface area contributed by atoms with E-state index in [2.05, 4.69) is 9.71 Å². The number of sulfonamides is 1. The number of aromatic amines is 1. The molecule has 0 atom stereocenters. The number of rotatable bonds is 5. The number of hydrogen-bond acceptors (Lipinski definition) is 4. The molecule has 20 heavy (non-hydrogen) atoms. The summed E-state index contributed by atoms with van der Waals surface area (Å²) in [7, 11) is -3.55. The number of nitrogens with one attached hydrogen (secondary N) is 2. The Hall–Kier alpha value is -1.18.